The van der Waals surface area contributed by atoms with Gasteiger partial charge in [-0.15, -0.1) is 0 Å². The Kier molecular flexibility index (Phi) is 8.68. The van der Waals surface area contributed by atoms with Gasteiger partial charge in [-0.1, -0.05) is 72.8 Å². The number of carbonyl (C=O) groups is 1. The van der Waals surface area contributed by atoms with Gasteiger partial charge in [-0.3, -0.25) is 4.79 Å². The number of nitrogens with two attached hydrogens (primary N) is 1. The zero-order valence-corrected chi connectivity index (χ0v) is 24.4. The molecule has 1 fully saturated rings. The van der Waals surface area contributed by atoms with E-state index in [1.807, 2.05) is 66.7 Å². The molecule has 1 saturated carbocycles. The summed E-state index contributed by atoms with van der Waals surface area (Å²) in [6.45, 7) is 1.85. The molecule has 0 saturated heterocycles. The molecule has 0 aliphatic heterocycles. The van der Waals surface area contributed by atoms with Gasteiger partial charge in [-0.05, 0) is 71.8 Å². The average Bonchev–Trinajstić information content (AvgIpc) is 3.65. The highest BCUT2D eigenvalue weighted by molar-refractivity contribution is 5.92. The molecule has 4 aromatic carbocycles. The summed E-state index contributed by atoms with van der Waals surface area (Å²) in [7, 11) is 0. The normalized spacial score (nSPS) is 16.0. The third-order valence-corrected chi connectivity index (χ3v) is 7.97. The lowest BCUT2D eigenvalue weighted by Gasteiger charge is -2.17. The lowest BCUT2D eigenvalue weighted by molar-refractivity contribution is -0.141. The number of anilines is 2. The molecule has 5 N–H and O–H groups in total. The molecule has 6 rings (SSSR count). The molecule has 0 bridgehead atoms. The number of aromatic nitrogens is 2. The standard InChI is InChI=1S/C35H33F3N6O/c36-35(37,38)32-19-31(34(39)45)44(43-32)30-13-7-10-25(33(30)24-8-3-1-4-9-24)20-40-22-41-21-26-18-29(26)23-14-16-28(17-15-23)42-27-11-5-2-6-12-27/h1-17,19,26,29,40-42H,18,20-22H2,(H2,39,45). The monoisotopic (exact) mass is 610 g/mol. The van der Waals surface area contributed by atoms with Crippen molar-refractivity contribution in [2.75, 3.05) is 18.5 Å². The summed E-state index contributed by atoms with van der Waals surface area (Å²) in [4.78, 5) is 12.1. The summed E-state index contributed by atoms with van der Waals surface area (Å²) >= 11 is 0. The van der Waals surface area contributed by atoms with Crippen molar-refractivity contribution in [2.45, 2.75) is 25.1 Å². The van der Waals surface area contributed by atoms with Crippen molar-refractivity contribution >= 4 is 17.3 Å². The number of alkyl halides is 3. The predicted octanol–water partition coefficient (Wildman–Crippen LogP) is 6.84. The van der Waals surface area contributed by atoms with Crippen molar-refractivity contribution in [2.24, 2.45) is 11.7 Å². The first kappa shape index (κ1) is 30.1. The summed E-state index contributed by atoms with van der Waals surface area (Å²) in [5.41, 5.74) is 10.0. The number of nitrogens with one attached hydrogen (secondary N) is 3. The van der Waals surface area contributed by atoms with Gasteiger partial charge in [0, 0.05) is 36.2 Å². The lowest BCUT2D eigenvalue weighted by Crippen LogP contribution is -2.30. The zero-order chi connectivity index (χ0) is 31.4. The first-order valence-corrected chi connectivity index (χ1v) is 14.8. The quantitative estimate of drug-likeness (QED) is 0.0917. The second kappa shape index (κ2) is 13.0. The molecular formula is C35H33F3N6O. The molecule has 45 heavy (non-hydrogen) atoms. The highest BCUT2D eigenvalue weighted by atomic mass is 19.4. The minimum atomic E-state index is -4.73. The fourth-order valence-corrected chi connectivity index (χ4v) is 5.65. The molecule has 5 aromatic rings. The number of hydrogen-bond acceptors (Lipinski definition) is 5. The Bertz CT molecular complexity index is 1750. The van der Waals surface area contributed by atoms with Gasteiger partial charge in [0.2, 0.25) is 0 Å². The van der Waals surface area contributed by atoms with Gasteiger partial charge in [0.25, 0.3) is 5.91 Å². The van der Waals surface area contributed by atoms with Crippen molar-refractivity contribution < 1.29 is 18.0 Å². The van der Waals surface area contributed by atoms with Crippen LogP contribution in [0.25, 0.3) is 16.8 Å². The summed E-state index contributed by atoms with van der Waals surface area (Å²) in [6, 6.07) is 34.0. The highest BCUT2D eigenvalue weighted by Gasteiger charge is 2.38. The van der Waals surface area contributed by atoms with Crippen LogP contribution in [0, 0.1) is 5.92 Å². The van der Waals surface area contributed by atoms with Gasteiger partial charge < -0.3 is 21.7 Å². The van der Waals surface area contributed by atoms with Crippen molar-refractivity contribution in [3.8, 4) is 16.8 Å². The molecule has 10 heteroatoms. The van der Waals surface area contributed by atoms with Gasteiger partial charge >= 0.3 is 6.18 Å². The van der Waals surface area contributed by atoms with Gasteiger partial charge in [0.1, 0.15) is 5.69 Å². The molecular weight excluding hydrogens is 577 g/mol. The molecule has 1 aliphatic carbocycles. The Labute approximate surface area is 259 Å². The fraction of sp³-hybridized carbons (Fsp3) is 0.200. The molecule has 230 valence electrons. The number of primary amides is 1. The topological polar surface area (TPSA) is 97.0 Å². The lowest BCUT2D eigenvalue weighted by atomic mass is 9.97. The number of amides is 1. The van der Waals surface area contributed by atoms with E-state index in [1.54, 1.807) is 12.1 Å². The van der Waals surface area contributed by atoms with E-state index in [0.29, 0.717) is 42.4 Å². The van der Waals surface area contributed by atoms with Crippen LogP contribution in [0.4, 0.5) is 24.5 Å². The van der Waals surface area contributed by atoms with E-state index in [0.717, 1.165) is 40.1 Å². The van der Waals surface area contributed by atoms with E-state index in [4.69, 9.17) is 5.73 Å². The number of halogens is 3. The SMILES string of the molecule is NC(=O)c1cc(C(F)(F)F)nn1-c1cccc(CNCNCC2CC2c2ccc(Nc3ccccc3)cc2)c1-c1ccccc1. The van der Waals surface area contributed by atoms with Crippen LogP contribution in [-0.2, 0) is 12.7 Å². The van der Waals surface area contributed by atoms with Crippen molar-refractivity contribution in [1.29, 1.82) is 0 Å². The predicted molar refractivity (Wildman–Crippen MR) is 169 cm³/mol. The fourth-order valence-electron chi connectivity index (χ4n) is 5.65. The van der Waals surface area contributed by atoms with Gasteiger partial charge in [-0.2, -0.15) is 18.3 Å². The maximum atomic E-state index is 13.5. The average molecular weight is 611 g/mol. The number of para-hydroxylation sites is 1. The summed E-state index contributed by atoms with van der Waals surface area (Å²) in [6.07, 6.45) is -3.60. The van der Waals surface area contributed by atoms with Crippen molar-refractivity contribution in [3.63, 3.8) is 0 Å². The molecule has 0 radical (unpaired) electrons. The molecule has 1 aliphatic rings. The smallest absolute Gasteiger partial charge is 0.364 e. The van der Waals surface area contributed by atoms with Gasteiger partial charge in [-0.25, -0.2) is 4.68 Å². The second-order valence-electron chi connectivity index (χ2n) is 11.1. The van der Waals surface area contributed by atoms with Crippen LogP contribution in [-0.4, -0.2) is 28.9 Å². The third kappa shape index (κ3) is 7.08. The summed E-state index contributed by atoms with van der Waals surface area (Å²) in [5, 5.41) is 14.0. The van der Waals surface area contributed by atoms with E-state index in [-0.39, 0.29) is 5.69 Å². The molecule has 0 spiro atoms. The molecule has 7 nitrogen and oxygen atoms in total. The van der Waals surface area contributed by atoms with E-state index < -0.39 is 17.8 Å². The van der Waals surface area contributed by atoms with Crippen molar-refractivity contribution in [3.05, 3.63) is 132 Å². The number of benzene rings is 4. The van der Waals surface area contributed by atoms with E-state index in [9.17, 15) is 18.0 Å². The molecule has 1 amide bonds. The molecule has 1 heterocycles. The minimum absolute atomic E-state index is 0.337. The number of carbonyl (C=O) groups excluding carboxylic acids is 1. The van der Waals surface area contributed by atoms with E-state index in [1.165, 1.54) is 5.56 Å². The molecule has 2 atom stereocenters. The van der Waals surface area contributed by atoms with Gasteiger partial charge in [0.05, 0.1) is 5.69 Å². The largest absolute Gasteiger partial charge is 0.435 e. The Hall–Kier alpha value is -4.93. The maximum absolute atomic E-state index is 13.5. The third-order valence-electron chi connectivity index (χ3n) is 7.97. The summed E-state index contributed by atoms with van der Waals surface area (Å²) in [5.74, 6) is 0.0838. The first-order chi connectivity index (χ1) is 21.8. The van der Waals surface area contributed by atoms with Crippen LogP contribution >= 0.6 is 0 Å². The Morgan fingerprint density at radius 1 is 0.867 bits per heavy atom. The highest BCUT2D eigenvalue weighted by Crippen LogP contribution is 2.47. The Morgan fingerprint density at radius 2 is 1.56 bits per heavy atom. The van der Waals surface area contributed by atoms with Crippen LogP contribution < -0.4 is 21.7 Å². The van der Waals surface area contributed by atoms with Crippen LogP contribution in [0.15, 0.2) is 109 Å². The van der Waals surface area contributed by atoms with Crippen LogP contribution in [0.3, 0.4) is 0 Å². The molecule has 2 unspecified atom stereocenters. The number of rotatable bonds is 12. The first-order valence-electron chi connectivity index (χ1n) is 14.8. The second-order valence-corrected chi connectivity index (χ2v) is 11.1. The number of nitrogens with zero attached hydrogens (tertiary/aromatic N) is 2. The zero-order valence-electron chi connectivity index (χ0n) is 24.4. The van der Waals surface area contributed by atoms with Crippen LogP contribution in [0.1, 0.15) is 39.6 Å². The number of hydrogen-bond donors (Lipinski definition) is 4. The van der Waals surface area contributed by atoms with Crippen LogP contribution in [0.5, 0.6) is 0 Å². The van der Waals surface area contributed by atoms with E-state index in [2.05, 4.69) is 45.3 Å². The molecule has 1 aromatic heterocycles. The van der Waals surface area contributed by atoms with Crippen molar-refractivity contribution in [1.82, 2.24) is 20.4 Å². The minimum Gasteiger partial charge on any atom is -0.364 e. The Morgan fingerprint density at radius 3 is 2.24 bits per heavy atom. The summed E-state index contributed by atoms with van der Waals surface area (Å²) < 4.78 is 41.6. The van der Waals surface area contributed by atoms with E-state index >= 15 is 0 Å². The maximum Gasteiger partial charge on any atom is 0.435 e. The van der Waals surface area contributed by atoms with Gasteiger partial charge in [0.15, 0.2) is 5.69 Å². The van der Waals surface area contributed by atoms with Crippen LogP contribution in [0.2, 0.25) is 0 Å². The Balaban J connectivity index is 1.09.